The summed E-state index contributed by atoms with van der Waals surface area (Å²) in [4.78, 5) is 0. The zero-order valence-electron chi connectivity index (χ0n) is 8.56. The van der Waals surface area contributed by atoms with Gasteiger partial charge in [0, 0.05) is 6.04 Å². The molecule has 0 bridgehead atoms. The summed E-state index contributed by atoms with van der Waals surface area (Å²) in [5.41, 5.74) is 1.32. The van der Waals surface area contributed by atoms with Gasteiger partial charge in [0.25, 0.3) is 0 Å². The van der Waals surface area contributed by atoms with Gasteiger partial charge in [-0.25, -0.2) is 0 Å². The molecule has 11 heavy (non-hydrogen) atoms. The molecule has 0 saturated carbocycles. The summed E-state index contributed by atoms with van der Waals surface area (Å²) < 4.78 is 0. The molecular formula is C9H22FN. The average Bonchev–Trinajstić information content (AvgIpc) is 1.89. The van der Waals surface area contributed by atoms with E-state index in [1.54, 1.807) is 0 Å². The zero-order valence-corrected chi connectivity index (χ0v) is 8.56. The third-order valence-corrected chi connectivity index (χ3v) is 0.705. The van der Waals surface area contributed by atoms with Crippen LogP contribution in [0, 0.1) is 0 Å². The van der Waals surface area contributed by atoms with E-state index in [0.29, 0.717) is 6.04 Å². The van der Waals surface area contributed by atoms with Crippen molar-refractivity contribution < 1.29 is 4.70 Å². The number of nitrogens with one attached hydrogen (secondary N) is 1. The zero-order chi connectivity index (χ0) is 8.57. The van der Waals surface area contributed by atoms with Crippen molar-refractivity contribution in [2.24, 2.45) is 0 Å². The van der Waals surface area contributed by atoms with E-state index in [2.05, 4.69) is 33.0 Å². The molecule has 0 rings (SSSR count). The van der Waals surface area contributed by atoms with Crippen molar-refractivity contribution in [3.63, 3.8) is 0 Å². The van der Waals surface area contributed by atoms with Gasteiger partial charge in [-0.2, -0.15) is 0 Å². The normalized spacial score (nSPS) is 7.18. The predicted octanol–water partition coefficient (Wildman–Crippen LogP) is 3.09. The molecule has 0 aliphatic carbocycles. The van der Waals surface area contributed by atoms with Gasteiger partial charge in [-0.1, -0.05) is 19.4 Å². The smallest absolute Gasteiger partial charge is 0.0199 e. The van der Waals surface area contributed by atoms with Crippen LogP contribution in [0.1, 0.15) is 41.5 Å². The van der Waals surface area contributed by atoms with E-state index in [0.717, 1.165) is 0 Å². The summed E-state index contributed by atoms with van der Waals surface area (Å²) >= 11 is 0. The average molecular weight is 163 g/mol. The molecule has 0 heterocycles. The minimum Gasteiger partial charge on any atom is -0.389 e. The van der Waals surface area contributed by atoms with E-state index in [1.807, 2.05) is 20.0 Å². The van der Waals surface area contributed by atoms with E-state index in [1.165, 1.54) is 5.57 Å². The van der Waals surface area contributed by atoms with Crippen molar-refractivity contribution in [3.8, 4) is 0 Å². The lowest BCUT2D eigenvalue weighted by atomic mass is 10.3. The van der Waals surface area contributed by atoms with Gasteiger partial charge in [0.1, 0.15) is 0 Å². The van der Waals surface area contributed by atoms with Gasteiger partial charge in [-0.15, -0.1) is 0 Å². The maximum atomic E-state index is 3.18. The standard InChI is InChI=1S/C7H15N.C2H6.FH/c1-6(2)5-8-7(3)4;1-2;/h5,7-8H,1-4H3;1-2H3;1H. The van der Waals surface area contributed by atoms with Gasteiger partial charge >= 0.3 is 0 Å². The lowest BCUT2D eigenvalue weighted by Gasteiger charge is -2.02. The van der Waals surface area contributed by atoms with E-state index in [4.69, 9.17) is 0 Å². The maximum Gasteiger partial charge on any atom is 0.0199 e. The summed E-state index contributed by atoms with van der Waals surface area (Å²) in [5.74, 6) is 0. The highest BCUT2D eigenvalue weighted by atomic mass is 19.0. The number of hydrogen-bond acceptors (Lipinski definition) is 1. The van der Waals surface area contributed by atoms with Crippen molar-refractivity contribution in [1.82, 2.24) is 5.32 Å². The highest BCUT2D eigenvalue weighted by molar-refractivity contribution is 4.91. The Balaban J connectivity index is -0.000000196. The second-order valence-corrected chi connectivity index (χ2v) is 2.54. The van der Waals surface area contributed by atoms with Crippen LogP contribution < -0.4 is 5.32 Å². The topological polar surface area (TPSA) is 12.0 Å². The highest BCUT2D eigenvalue weighted by Gasteiger charge is 1.82. The Labute approximate surface area is 70.3 Å². The molecule has 0 saturated heterocycles. The summed E-state index contributed by atoms with van der Waals surface area (Å²) in [6, 6.07) is 0.560. The summed E-state index contributed by atoms with van der Waals surface area (Å²) in [7, 11) is 0. The van der Waals surface area contributed by atoms with Crippen molar-refractivity contribution in [2.45, 2.75) is 47.6 Å². The molecular weight excluding hydrogens is 141 g/mol. The third-order valence-electron chi connectivity index (χ3n) is 0.705. The molecule has 0 amide bonds. The maximum absolute atomic E-state index is 3.18. The Bertz CT molecular complexity index is 83.6. The lowest BCUT2D eigenvalue weighted by molar-refractivity contribution is 0.698. The van der Waals surface area contributed by atoms with Gasteiger partial charge in [0.05, 0.1) is 0 Å². The Morgan fingerprint density at radius 2 is 1.55 bits per heavy atom. The quantitative estimate of drug-likeness (QED) is 0.659. The molecule has 0 aromatic heterocycles. The van der Waals surface area contributed by atoms with Crippen LogP contribution in [-0.2, 0) is 0 Å². The molecule has 2 heteroatoms. The molecule has 0 fully saturated rings. The van der Waals surface area contributed by atoms with Crippen LogP contribution in [0.4, 0.5) is 4.70 Å². The number of rotatable bonds is 2. The van der Waals surface area contributed by atoms with Gasteiger partial charge in [-0.3, -0.25) is 4.70 Å². The van der Waals surface area contributed by atoms with Crippen molar-refractivity contribution in [3.05, 3.63) is 11.8 Å². The molecule has 0 atom stereocenters. The SMILES string of the molecule is CC.CC(C)=CNC(C)C.F. The van der Waals surface area contributed by atoms with Crippen LogP contribution in [-0.4, -0.2) is 6.04 Å². The summed E-state index contributed by atoms with van der Waals surface area (Å²) in [6.07, 6.45) is 2.03. The fourth-order valence-corrected chi connectivity index (χ4v) is 0.333. The van der Waals surface area contributed by atoms with Gasteiger partial charge in [-0.05, 0) is 33.9 Å². The van der Waals surface area contributed by atoms with Crippen LogP contribution in [0.3, 0.4) is 0 Å². The van der Waals surface area contributed by atoms with Crippen molar-refractivity contribution >= 4 is 0 Å². The second kappa shape index (κ2) is 12.2. The van der Waals surface area contributed by atoms with Crippen LogP contribution >= 0.6 is 0 Å². The van der Waals surface area contributed by atoms with E-state index in [9.17, 15) is 0 Å². The fourth-order valence-electron chi connectivity index (χ4n) is 0.333. The number of allylic oxidation sites excluding steroid dienone is 1. The predicted molar refractivity (Wildman–Crippen MR) is 51.6 cm³/mol. The Morgan fingerprint density at radius 3 is 1.64 bits per heavy atom. The van der Waals surface area contributed by atoms with E-state index >= 15 is 0 Å². The first kappa shape index (κ1) is 16.8. The molecule has 1 nitrogen and oxygen atoms in total. The molecule has 0 spiro atoms. The number of hydrogen-bond donors (Lipinski definition) is 1. The molecule has 0 aliphatic heterocycles. The molecule has 70 valence electrons. The van der Waals surface area contributed by atoms with Crippen LogP contribution in [0.25, 0.3) is 0 Å². The minimum atomic E-state index is 0. The van der Waals surface area contributed by atoms with Crippen molar-refractivity contribution in [2.75, 3.05) is 0 Å². The molecule has 0 aromatic rings. The molecule has 0 aromatic carbocycles. The summed E-state index contributed by atoms with van der Waals surface area (Å²) in [5, 5.41) is 3.18. The summed E-state index contributed by atoms with van der Waals surface area (Å²) in [6.45, 7) is 12.4. The molecule has 0 unspecified atom stereocenters. The largest absolute Gasteiger partial charge is 0.389 e. The van der Waals surface area contributed by atoms with Gasteiger partial charge in [0.15, 0.2) is 0 Å². The van der Waals surface area contributed by atoms with Crippen LogP contribution in [0.2, 0.25) is 0 Å². The van der Waals surface area contributed by atoms with Gasteiger partial charge in [0.2, 0.25) is 0 Å². The van der Waals surface area contributed by atoms with Gasteiger partial charge < -0.3 is 5.32 Å². The molecule has 0 aliphatic rings. The Morgan fingerprint density at radius 1 is 1.18 bits per heavy atom. The number of halogens is 1. The van der Waals surface area contributed by atoms with E-state index in [-0.39, 0.29) is 4.70 Å². The van der Waals surface area contributed by atoms with Crippen LogP contribution in [0.15, 0.2) is 11.8 Å². The minimum absolute atomic E-state index is 0. The molecule has 0 radical (unpaired) electrons. The third kappa shape index (κ3) is 26.4. The first-order valence-electron chi connectivity index (χ1n) is 4.02. The van der Waals surface area contributed by atoms with Crippen LogP contribution in [0.5, 0.6) is 0 Å². The highest BCUT2D eigenvalue weighted by Crippen LogP contribution is 1.85. The first-order valence-corrected chi connectivity index (χ1v) is 4.02. The fraction of sp³-hybridized carbons (Fsp3) is 0.778. The second-order valence-electron chi connectivity index (χ2n) is 2.54. The first-order chi connectivity index (χ1) is 4.63. The Kier molecular flexibility index (Phi) is 18.6. The molecule has 1 N–H and O–H groups in total. The monoisotopic (exact) mass is 163 g/mol. The lowest BCUT2D eigenvalue weighted by Crippen LogP contribution is -2.15. The van der Waals surface area contributed by atoms with E-state index < -0.39 is 0 Å². The van der Waals surface area contributed by atoms with Crippen molar-refractivity contribution in [1.29, 1.82) is 0 Å². The Hall–Kier alpha value is -0.530.